The van der Waals surface area contributed by atoms with Crippen molar-refractivity contribution in [2.24, 2.45) is 0 Å². The maximum atomic E-state index is 11.4. The van der Waals surface area contributed by atoms with Gasteiger partial charge in [-0.3, -0.25) is 4.91 Å². The third-order valence-electron chi connectivity index (χ3n) is 2.24. The van der Waals surface area contributed by atoms with Crippen molar-refractivity contribution in [2.45, 2.75) is 19.9 Å². The van der Waals surface area contributed by atoms with E-state index in [-0.39, 0.29) is 22.8 Å². The van der Waals surface area contributed by atoms with Crippen LogP contribution in [0.3, 0.4) is 0 Å². The minimum Gasteiger partial charge on any atom is -0.872 e. The zero-order valence-electron chi connectivity index (χ0n) is 11.2. The van der Waals surface area contributed by atoms with E-state index in [2.05, 4.69) is 17.6 Å². The summed E-state index contributed by atoms with van der Waals surface area (Å²) in [6.07, 6.45) is 1.14. The molecule has 1 aromatic rings. The Kier molecular flexibility index (Phi) is 15.5. The van der Waals surface area contributed by atoms with Crippen LogP contribution >= 0.6 is 11.6 Å². The molecule has 115 valence electrons. The summed E-state index contributed by atoms with van der Waals surface area (Å²) in [5.74, 6) is 0.0402. The Morgan fingerprint density at radius 1 is 1.20 bits per heavy atom. The van der Waals surface area contributed by atoms with E-state index < -0.39 is 0 Å². The van der Waals surface area contributed by atoms with E-state index >= 15 is 0 Å². The first-order valence-corrected chi connectivity index (χ1v) is 6.38. The Bertz CT molecular complexity index is 399. The average Bonchev–Trinajstić information content (AvgIpc) is 2.38. The first-order valence-electron chi connectivity index (χ1n) is 6.01. The molecule has 0 aromatic heterocycles. The maximum Gasteiger partial charge on any atom is 2.00 e. The van der Waals surface area contributed by atoms with Gasteiger partial charge >= 0.3 is 17.1 Å². The van der Waals surface area contributed by atoms with Crippen molar-refractivity contribution in [3.63, 3.8) is 0 Å². The molecule has 1 radical (unpaired) electrons. The minimum atomic E-state index is 0. The molecule has 0 heterocycles. The number of halogens is 1. The number of nitrogens with zero attached hydrogens (tertiary/aromatic N) is 3. The van der Waals surface area contributed by atoms with Gasteiger partial charge in [0.2, 0.25) is 0 Å². The molecule has 0 aliphatic carbocycles. The fourth-order valence-electron chi connectivity index (χ4n) is 1.39. The summed E-state index contributed by atoms with van der Waals surface area (Å²) in [4.78, 5) is 1.50. The van der Waals surface area contributed by atoms with Crippen LogP contribution in [0.5, 0.6) is 5.75 Å². The SMILES string of the molecule is CCCNCCNCc1cc(Cl)ccc1[O-].[Cu+2].[N-]=[N+]=[N-]. The van der Waals surface area contributed by atoms with Crippen molar-refractivity contribution < 1.29 is 22.2 Å². The van der Waals surface area contributed by atoms with Gasteiger partial charge in [0.25, 0.3) is 0 Å². The zero-order chi connectivity index (χ0) is 14.5. The van der Waals surface area contributed by atoms with E-state index in [1.807, 2.05) is 0 Å². The molecule has 0 unspecified atom stereocenters. The van der Waals surface area contributed by atoms with Crippen LogP contribution in [0.25, 0.3) is 16.0 Å². The predicted molar refractivity (Wildman–Crippen MR) is 75.8 cm³/mol. The van der Waals surface area contributed by atoms with Crippen LogP contribution in [-0.2, 0) is 23.6 Å². The molecule has 0 aliphatic heterocycles. The van der Waals surface area contributed by atoms with Crippen molar-refractivity contribution in [3.05, 3.63) is 44.8 Å². The molecule has 8 heteroatoms. The van der Waals surface area contributed by atoms with E-state index in [1.165, 1.54) is 11.0 Å². The van der Waals surface area contributed by atoms with Crippen LogP contribution in [0.15, 0.2) is 18.2 Å². The summed E-state index contributed by atoms with van der Waals surface area (Å²) in [6, 6.07) is 4.85. The van der Waals surface area contributed by atoms with Gasteiger partial charge in [-0.1, -0.05) is 24.6 Å². The standard InChI is InChI=1S/C12H19ClN2O.Cu.N3/c1-2-5-14-6-7-15-9-10-8-11(13)3-4-12(10)16;;1-3-2/h3-4,8,14-16H,2,5-7,9H2,1H3;;/q;+2;-1/p-1. The third kappa shape index (κ3) is 10.9. The van der Waals surface area contributed by atoms with Crippen molar-refractivity contribution >= 4 is 11.6 Å². The molecule has 0 amide bonds. The molecule has 0 atom stereocenters. The van der Waals surface area contributed by atoms with Crippen LogP contribution < -0.4 is 15.7 Å². The number of hydrogen-bond donors (Lipinski definition) is 2. The van der Waals surface area contributed by atoms with Crippen molar-refractivity contribution in [1.29, 1.82) is 0 Å². The molecule has 1 aromatic carbocycles. The number of rotatable bonds is 7. The molecule has 0 bridgehead atoms. The van der Waals surface area contributed by atoms with E-state index in [4.69, 9.17) is 22.7 Å². The van der Waals surface area contributed by atoms with E-state index in [1.54, 1.807) is 12.1 Å². The molecule has 0 fully saturated rings. The molecule has 0 saturated heterocycles. The molecular weight excluding hydrogens is 329 g/mol. The topological polar surface area (TPSA) is 106 Å². The van der Waals surface area contributed by atoms with Crippen LogP contribution in [0, 0.1) is 0 Å². The van der Waals surface area contributed by atoms with Gasteiger partial charge in [0.05, 0.1) is 0 Å². The maximum absolute atomic E-state index is 11.4. The number of hydrogen-bond acceptors (Lipinski definition) is 3. The Hall–Kier alpha value is -0.941. The summed E-state index contributed by atoms with van der Waals surface area (Å²) < 4.78 is 0. The summed E-state index contributed by atoms with van der Waals surface area (Å²) in [5, 5.41) is 18.5. The quantitative estimate of drug-likeness (QED) is 0.260. The Labute approximate surface area is 134 Å². The molecule has 20 heavy (non-hydrogen) atoms. The van der Waals surface area contributed by atoms with Gasteiger partial charge in [-0.15, -0.1) is 5.75 Å². The first-order chi connectivity index (χ1) is 9.15. The summed E-state index contributed by atoms with van der Waals surface area (Å²) in [7, 11) is 0. The molecular formula is C12H18ClCuN5O. The van der Waals surface area contributed by atoms with Crippen LogP contribution in [0.4, 0.5) is 0 Å². The summed E-state index contributed by atoms with van der Waals surface area (Å²) in [6.45, 7) is 5.52. The Morgan fingerprint density at radius 2 is 1.80 bits per heavy atom. The smallest absolute Gasteiger partial charge is 0.872 e. The van der Waals surface area contributed by atoms with Gasteiger partial charge in [0.15, 0.2) is 0 Å². The van der Waals surface area contributed by atoms with Crippen molar-refractivity contribution in [1.82, 2.24) is 10.6 Å². The van der Waals surface area contributed by atoms with Crippen molar-refractivity contribution in [3.8, 4) is 5.75 Å². The van der Waals surface area contributed by atoms with Crippen LogP contribution in [0.1, 0.15) is 18.9 Å². The van der Waals surface area contributed by atoms with E-state index in [0.717, 1.165) is 31.6 Å². The van der Waals surface area contributed by atoms with E-state index in [9.17, 15) is 5.11 Å². The van der Waals surface area contributed by atoms with Gasteiger partial charge in [-0.25, -0.2) is 0 Å². The van der Waals surface area contributed by atoms with Crippen LogP contribution in [-0.4, -0.2) is 19.6 Å². The largest absolute Gasteiger partial charge is 2.00 e. The zero-order valence-corrected chi connectivity index (χ0v) is 12.9. The first kappa shape index (κ1) is 21.4. The van der Waals surface area contributed by atoms with Gasteiger partial charge in [0.1, 0.15) is 0 Å². The predicted octanol–water partition coefficient (Wildman–Crippen LogP) is 2.37. The van der Waals surface area contributed by atoms with E-state index in [0.29, 0.717) is 11.6 Å². The molecule has 2 N–H and O–H groups in total. The molecule has 1 rings (SSSR count). The summed E-state index contributed by atoms with van der Waals surface area (Å²) >= 11 is 5.82. The van der Waals surface area contributed by atoms with Gasteiger partial charge < -0.3 is 26.8 Å². The number of benzene rings is 1. The minimum absolute atomic E-state index is 0. The third-order valence-corrected chi connectivity index (χ3v) is 2.48. The fraction of sp³-hybridized carbons (Fsp3) is 0.500. The molecule has 6 nitrogen and oxygen atoms in total. The summed E-state index contributed by atoms with van der Waals surface area (Å²) in [5.41, 5.74) is 14.2. The second-order valence-electron chi connectivity index (χ2n) is 3.77. The monoisotopic (exact) mass is 346 g/mol. The normalized spacial score (nSPS) is 8.90. The second-order valence-corrected chi connectivity index (χ2v) is 4.20. The van der Waals surface area contributed by atoms with Crippen LogP contribution in [0.2, 0.25) is 5.02 Å². The average molecular weight is 347 g/mol. The van der Waals surface area contributed by atoms with Gasteiger partial charge in [-0.2, -0.15) is 0 Å². The van der Waals surface area contributed by atoms with Gasteiger partial charge in [-0.05, 0) is 30.7 Å². The van der Waals surface area contributed by atoms with Gasteiger partial charge in [0, 0.05) is 24.7 Å². The van der Waals surface area contributed by atoms with Crippen molar-refractivity contribution in [2.75, 3.05) is 19.6 Å². The Morgan fingerprint density at radius 3 is 2.40 bits per heavy atom. The fourth-order valence-corrected chi connectivity index (χ4v) is 1.58. The number of nitrogens with one attached hydrogen (secondary N) is 2. The molecule has 0 saturated carbocycles. The molecule has 0 spiro atoms. The molecule has 0 aliphatic rings. The Balaban J connectivity index is 0. The second kappa shape index (κ2) is 14.5.